The number of rotatable bonds is 6. The number of hydrogen-bond donors (Lipinski definition) is 1. The Morgan fingerprint density at radius 3 is 2.62 bits per heavy atom. The lowest BCUT2D eigenvalue weighted by Crippen LogP contribution is -2.15. The lowest BCUT2D eigenvalue weighted by atomic mass is 10.0. The number of carbonyl (C=O) groups excluding carboxylic acids is 1. The highest BCUT2D eigenvalue weighted by Crippen LogP contribution is 2.18. The summed E-state index contributed by atoms with van der Waals surface area (Å²) < 4.78 is 1.63. The van der Waals surface area contributed by atoms with Crippen LogP contribution in [0.2, 0.25) is 0 Å². The van der Waals surface area contributed by atoms with Crippen LogP contribution < -0.4 is 5.56 Å². The number of aryl methyl sites for hydroxylation is 2. The summed E-state index contributed by atoms with van der Waals surface area (Å²) in [6.07, 6.45) is 4.83. The van der Waals surface area contributed by atoms with Gasteiger partial charge in [-0.1, -0.05) is 0 Å². The second-order valence-corrected chi connectivity index (χ2v) is 6.34. The lowest BCUT2D eigenvalue weighted by Gasteiger charge is -2.05. The Labute approximate surface area is 151 Å². The van der Waals surface area contributed by atoms with Crippen molar-refractivity contribution in [2.45, 2.75) is 40.0 Å². The molecule has 0 amide bonds. The van der Waals surface area contributed by atoms with Crippen molar-refractivity contribution in [1.29, 1.82) is 0 Å². The van der Waals surface area contributed by atoms with E-state index in [0.717, 1.165) is 22.5 Å². The lowest BCUT2D eigenvalue weighted by molar-refractivity contribution is -0.118. The average Bonchev–Trinajstić information content (AvgIpc) is 2.87. The molecule has 0 saturated carbocycles. The summed E-state index contributed by atoms with van der Waals surface area (Å²) in [5, 5.41) is 4.49. The van der Waals surface area contributed by atoms with E-state index in [-0.39, 0.29) is 11.3 Å². The molecule has 0 spiro atoms. The number of nitrogens with one attached hydrogen (secondary N) is 1. The molecule has 0 unspecified atom stereocenters. The van der Waals surface area contributed by atoms with Crippen molar-refractivity contribution in [1.82, 2.24) is 24.7 Å². The molecule has 134 valence electrons. The zero-order chi connectivity index (χ0) is 18.7. The molecule has 0 fully saturated rings. The molecule has 3 heterocycles. The second kappa shape index (κ2) is 7.43. The van der Waals surface area contributed by atoms with E-state index in [9.17, 15) is 9.59 Å². The first-order valence-corrected chi connectivity index (χ1v) is 8.48. The Morgan fingerprint density at radius 1 is 1.19 bits per heavy atom. The molecule has 7 nitrogen and oxygen atoms in total. The predicted octanol–water partition coefficient (Wildman–Crippen LogP) is 2.02. The SMILES string of the molecule is Cc1cc(=O)[nH]c(-n2nc(C)c(CCC(=O)Cc3ccncc3)c2C)n1. The first-order valence-electron chi connectivity index (χ1n) is 8.48. The number of carbonyl (C=O) groups is 1. The van der Waals surface area contributed by atoms with Crippen molar-refractivity contribution in [2.24, 2.45) is 0 Å². The molecule has 0 aliphatic rings. The third-order valence-electron chi connectivity index (χ3n) is 4.30. The largest absolute Gasteiger partial charge is 0.299 e. The van der Waals surface area contributed by atoms with Gasteiger partial charge in [-0.15, -0.1) is 0 Å². The number of nitrogens with zero attached hydrogens (tertiary/aromatic N) is 4. The number of hydrogen-bond acceptors (Lipinski definition) is 5. The first-order chi connectivity index (χ1) is 12.4. The van der Waals surface area contributed by atoms with Crippen molar-refractivity contribution in [2.75, 3.05) is 0 Å². The molecule has 0 aromatic carbocycles. The molecule has 7 heteroatoms. The minimum Gasteiger partial charge on any atom is -0.299 e. The van der Waals surface area contributed by atoms with Gasteiger partial charge in [-0.25, -0.2) is 9.67 Å². The van der Waals surface area contributed by atoms with Gasteiger partial charge in [0.2, 0.25) is 5.95 Å². The predicted molar refractivity (Wildman–Crippen MR) is 97.5 cm³/mol. The second-order valence-electron chi connectivity index (χ2n) is 6.34. The molecule has 0 bridgehead atoms. The number of aromatic nitrogens is 5. The van der Waals surface area contributed by atoms with Crippen LogP contribution in [0.25, 0.3) is 5.95 Å². The highest BCUT2D eigenvalue weighted by molar-refractivity contribution is 5.81. The maximum Gasteiger partial charge on any atom is 0.252 e. The molecule has 26 heavy (non-hydrogen) atoms. The van der Waals surface area contributed by atoms with Crippen LogP contribution in [0, 0.1) is 20.8 Å². The molecular weight excluding hydrogens is 330 g/mol. The van der Waals surface area contributed by atoms with Crippen molar-refractivity contribution in [3.05, 3.63) is 69.2 Å². The van der Waals surface area contributed by atoms with Gasteiger partial charge in [-0.2, -0.15) is 5.10 Å². The fourth-order valence-corrected chi connectivity index (χ4v) is 2.99. The van der Waals surface area contributed by atoms with Gasteiger partial charge in [-0.3, -0.25) is 19.6 Å². The minimum absolute atomic E-state index is 0.171. The molecule has 3 aromatic rings. The molecule has 0 saturated heterocycles. The summed E-state index contributed by atoms with van der Waals surface area (Å²) in [6, 6.07) is 5.15. The van der Waals surface area contributed by atoms with Crippen molar-refractivity contribution in [3.63, 3.8) is 0 Å². The van der Waals surface area contributed by atoms with Crippen LogP contribution in [0.15, 0.2) is 35.4 Å². The van der Waals surface area contributed by atoms with Crippen LogP contribution >= 0.6 is 0 Å². The van der Waals surface area contributed by atoms with E-state index < -0.39 is 0 Å². The Balaban J connectivity index is 1.76. The van der Waals surface area contributed by atoms with Gasteiger partial charge in [0.05, 0.1) is 5.69 Å². The van der Waals surface area contributed by atoms with Gasteiger partial charge in [0.25, 0.3) is 5.56 Å². The number of ketones is 1. The van der Waals surface area contributed by atoms with Crippen LogP contribution in [0.3, 0.4) is 0 Å². The number of H-pyrrole nitrogens is 1. The molecule has 0 aliphatic carbocycles. The summed E-state index contributed by atoms with van der Waals surface area (Å²) >= 11 is 0. The average molecular weight is 351 g/mol. The van der Waals surface area contributed by atoms with Crippen molar-refractivity contribution in [3.8, 4) is 5.95 Å². The van der Waals surface area contributed by atoms with E-state index in [2.05, 4.69) is 20.1 Å². The molecule has 0 radical (unpaired) electrons. The fraction of sp³-hybridized carbons (Fsp3) is 0.316. The summed E-state index contributed by atoms with van der Waals surface area (Å²) in [7, 11) is 0. The Morgan fingerprint density at radius 2 is 1.92 bits per heavy atom. The van der Waals surface area contributed by atoms with Crippen molar-refractivity contribution < 1.29 is 4.79 Å². The summed E-state index contributed by atoms with van der Waals surface area (Å²) in [4.78, 5) is 35.0. The maximum absolute atomic E-state index is 12.3. The summed E-state index contributed by atoms with van der Waals surface area (Å²) in [5.41, 5.74) is 4.11. The Hall–Kier alpha value is -3.09. The summed E-state index contributed by atoms with van der Waals surface area (Å²) in [6.45, 7) is 5.59. The highest BCUT2D eigenvalue weighted by Gasteiger charge is 2.16. The van der Waals surface area contributed by atoms with E-state index in [4.69, 9.17) is 0 Å². The van der Waals surface area contributed by atoms with Crippen LogP contribution in [-0.4, -0.2) is 30.5 Å². The molecule has 1 N–H and O–H groups in total. The normalized spacial score (nSPS) is 10.9. The topological polar surface area (TPSA) is 93.5 Å². The highest BCUT2D eigenvalue weighted by atomic mass is 16.1. The van der Waals surface area contributed by atoms with Crippen LogP contribution in [0.1, 0.15) is 34.6 Å². The quantitative estimate of drug-likeness (QED) is 0.733. The van der Waals surface area contributed by atoms with E-state index in [1.54, 1.807) is 24.0 Å². The van der Waals surface area contributed by atoms with E-state index >= 15 is 0 Å². The monoisotopic (exact) mass is 351 g/mol. The number of Topliss-reactive ketones (excluding diaryl/α,β-unsaturated/α-hetero) is 1. The molecule has 3 aromatic heterocycles. The third-order valence-corrected chi connectivity index (χ3v) is 4.30. The summed E-state index contributed by atoms with van der Waals surface area (Å²) in [5.74, 6) is 0.565. The standard InChI is InChI=1S/C19H21N5O2/c1-12-10-18(26)22-19(21-12)24-14(3)17(13(2)23-24)5-4-16(25)11-15-6-8-20-9-7-15/h6-10H,4-5,11H2,1-3H3,(H,21,22,26). The first kappa shape index (κ1) is 17.7. The Kier molecular flexibility index (Phi) is 5.06. The zero-order valence-electron chi connectivity index (χ0n) is 15.1. The smallest absolute Gasteiger partial charge is 0.252 e. The van der Waals surface area contributed by atoms with Crippen LogP contribution in [0.4, 0.5) is 0 Å². The van der Waals surface area contributed by atoms with Crippen LogP contribution in [0.5, 0.6) is 0 Å². The molecule has 3 rings (SSSR count). The number of aromatic amines is 1. The van der Waals surface area contributed by atoms with Gasteiger partial charge >= 0.3 is 0 Å². The molecule has 0 aliphatic heterocycles. The minimum atomic E-state index is -0.214. The van der Waals surface area contributed by atoms with Gasteiger partial charge < -0.3 is 0 Å². The molecular formula is C19H21N5O2. The van der Waals surface area contributed by atoms with E-state index in [1.807, 2.05) is 26.0 Å². The van der Waals surface area contributed by atoms with E-state index in [1.165, 1.54) is 6.07 Å². The van der Waals surface area contributed by atoms with Crippen LogP contribution in [-0.2, 0) is 17.6 Å². The fourth-order valence-electron chi connectivity index (χ4n) is 2.99. The number of pyridine rings is 1. The maximum atomic E-state index is 12.3. The van der Waals surface area contributed by atoms with Gasteiger partial charge in [0, 0.05) is 42.7 Å². The van der Waals surface area contributed by atoms with Gasteiger partial charge in [-0.05, 0) is 50.5 Å². The van der Waals surface area contributed by atoms with Crippen molar-refractivity contribution >= 4 is 5.78 Å². The molecule has 0 atom stereocenters. The van der Waals surface area contributed by atoms with Gasteiger partial charge in [0.15, 0.2) is 0 Å². The third kappa shape index (κ3) is 3.93. The van der Waals surface area contributed by atoms with Gasteiger partial charge in [0.1, 0.15) is 5.78 Å². The zero-order valence-corrected chi connectivity index (χ0v) is 15.1. The Bertz CT molecular complexity index is 989. The van der Waals surface area contributed by atoms with E-state index in [0.29, 0.717) is 30.9 Å².